The molecule has 0 bridgehead atoms. The maximum atomic E-state index is 12.2. The maximum Gasteiger partial charge on any atom is 0.240 e. The molecule has 2 aromatic rings. The van der Waals surface area contributed by atoms with Crippen molar-refractivity contribution in [1.82, 2.24) is 14.5 Å². The first-order valence-electron chi connectivity index (χ1n) is 6.79. The van der Waals surface area contributed by atoms with Gasteiger partial charge in [-0.2, -0.15) is 5.10 Å². The van der Waals surface area contributed by atoms with Crippen LogP contribution in [0.2, 0.25) is 0 Å². The van der Waals surface area contributed by atoms with E-state index >= 15 is 0 Å². The molecule has 0 aliphatic rings. The van der Waals surface area contributed by atoms with Gasteiger partial charge in [0.1, 0.15) is 5.75 Å². The molecule has 0 spiro atoms. The lowest BCUT2D eigenvalue weighted by Crippen LogP contribution is -2.23. The number of hydrogen-bond donors (Lipinski definition) is 1. The summed E-state index contributed by atoms with van der Waals surface area (Å²) in [4.78, 5) is 0.217. The van der Waals surface area contributed by atoms with E-state index in [1.807, 2.05) is 20.0 Å². The van der Waals surface area contributed by atoms with Crippen LogP contribution in [0.1, 0.15) is 19.4 Å². The molecular weight excluding hydrogens is 290 g/mol. The third-order valence-electron chi connectivity index (χ3n) is 2.92. The van der Waals surface area contributed by atoms with E-state index in [0.717, 1.165) is 12.1 Å². The van der Waals surface area contributed by atoms with E-state index < -0.39 is 10.0 Å². The molecule has 0 unspecified atom stereocenters. The topological polar surface area (TPSA) is 73.2 Å². The van der Waals surface area contributed by atoms with Crippen LogP contribution < -0.4 is 9.46 Å². The minimum Gasteiger partial charge on any atom is -0.494 e. The lowest BCUT2D eigenvalue weighted by molar-refractivity contribution is 0.340. The smallest absolute Gasteiger partial charge is 0.240 e. The molecule has 7 heteroatoms. The molecule has 114 valence electrons. The second-order valence-corrected chi connectivity index (χ2v) is 6.20. The van der Waals surface area contributed by atoms with Gasteiger partial charge in [-0.15, -0.1) is 0 Å². The van der Waals surface area contributed by atoms with Crippen LogP contribution in [0.4, 0.5) is 0 Å². The average molecular weight is 309 g/mol. The fraction of sp³-hybridized carbons (Fsp3) is 0.357. The summed E-state index contributed by atoms with van der Waals surface area (Å²) in [5, 5.41) is 4.11. The van der Waals surface area contributed by atoms with Crippen molar-refractivity contribution in [2.75, 3.05) is 6.61 Å². The number of sulfonamides is 1. The monoisotopic (exact) mass is 309 g/mol. The van der Waals surface area contributed by atoms with Crippen LogP contribution in [0.15, 0.2) is 41.6 Å². The quantitative estimate of drug-likeness (QED) is 0.846. The Morgan fingerprint density at radius 3 is 2.52 bits per heavy atom. The number of ether oxygens (including phenoxy) is 1. The largest absolute Gasteiger partial charge is 0.494 e. The standard InChI is InChI=1S/C14H19N3O3S/c1-3-17-11-12(9-15-17)10-16-21(18,19)14-7-5-13(6-8-14)20-4-2/h5-9,11,16H,3-4,10H2,1-2H3. The van der Waals surface area contributed by atoms with E-state index in [9.17, 15) is 8.42 Å². The fourth-order valence-electron chi connectivity index (χ4n) is 1.81. The Labute approximate surface area is 124 Å². The van der Waals surface area contributed by atoms with Gasteiger partial charge in [0.05, 0.1) is 17.7 Å². The highest BCUT2D eigenvalue weighted by Gasteiger charge is 2.14. The maximum absolute atomic E-state index is 12.2. The molecule has 21 heavy (non-hydrogen) atoms. The van der Waals surface area contributed by atoms with Crippen LogP contribution >= 0.6 is 0 Å². The molecule has 0 aliphatic carbocycles. The Bertz CT molecular complexity index is 678. The minimum absolute atomic E-state index is 0.217. The molecule has 0 fully saturated rings. The normalized spacial score (nSPS) is 11.5. The predicted octanol–water partition coefficient (Wildman–Crippen LogP) is 1.78. The zero-order valence-corrected chi connectivity index (χ0v) is 12.9. The Kier molecular flexibility index (Phi) is 4.98. The Morgan fingerprint density at radius 1 is 1.24 bits per heavy atom. The lowest BCUT2D eigenvalue weighted by atomic mass is 10.3. The molecule has 1 heterocycles. The van der Waals surface area contributed by atoms with Crippen molar-refractivity contribution in [3.8, 4) is 5.75 Å². The summed E-state index contributed by atoms with van der Waals surface area (Å²) in [5.41, 5.74) is 0.825. The van der Waals surface area contributed by atoms with E-state index in [-0.39, 0.29) is 11.4 Å². The molecular formula is C14H19N3O3S. The third-order valence-corrected chi connectivity index (χ3v) is 4.34. The molecule has 0 amide bonds. The summed E-state index contributed by atoms with van der Waals surface area (Å²) in [6.07, 6.45) is 3.48. The van der Waals surface area contributed by atoms with Gasteiger partial charge in [-0.3, -0.25) is 4.68 Å². The first kappa shape index (κ1) is 15.5. The number of aromatic nitrogens is 2. The van der Waals surface area contributed by atoms with Gasteiger partial charge in [0, 0.05) is 24.8 Å². The molecule has 0 aliphatic heterocycles. The highest BCUT2D eigenvalue weighted by molar-refractivity contribution is 7.89. The first-order valence-corrected chi connectivity index (χ1v) is 8.27. The summed E-state index contributed by atoms with van der Waals surface area (Å²) >= 11 is 0. The summed E-state index contributed by atoms with van der Waals surface area (Å²) < 4.78 is 33.9. The van der Waals surface area contributed by atoms with E-state index in [1.54, 1.807) is 23.0 Å². The van der Waals surface area contributed by atoms with Crippen LogP contribution in [0.5, 0.6) is 5.75 Å². The molecule has 0 radical (unpaired) electrons. The minimum atomic E-state index is -3.53. The number of nitrogens with zero attached hydrogens (tertiary/aromatic N) is 2. The van der Waals surface area contributed by atoms with Crippen LogP contribution in [0.25, 0.3) is 0 Å². The van der Waals surface area contributed by atoms with E-state index in [2.05, 4.69) is 9.82 Å². The second-order valence-electron chi connectivity index (χ2n) is 4.43. The van der Waals surface area contributed by atoms with Gasteiger partial charge in [-0.25, -0.2) is 13.1 Å². The van der Waals surface area contributed by atoms with E-state index in [1.165, 1.54) is 12.1 Å². The van der Waals surface area contributed by atoms with Gasteiger partial charge in [0.15, 0.2) is 0 Å². The van der Waals surface area contributed by atoms with Crippen LogP contribution in [-0.2, 0) is 23.1 Å². The third kappa shape index (κ3) is 4.05. The summed E-state index contributed by atoms with van der Waals surface area (Å²) in [5.74, 6) is 0.653. The van der Waals surface area contributed by atoms with Crippen molar-refractivity contribution in [3.63, 3.8) is 0 Å². The van der Waals surface area contributed by atoms with E-state index in [4.69, 9.17) is 4.74 Å². The van der Waals surface area contributed by atoms with Gasteiger partial charge in [0.2, 0.25) is 10.0 Å². The van der Waals surface area contributed by atoms with Gasteiger partial charge < -0.3 is 4.74 Å². The number of rotatable bonds is 7. The molecule has 0 atom stereocenters. The Morgan fingerprint density at radius 2 is 1.95 bits per heavy atom. The molecule has 1 N–H and O–H groups in total. The molecule has 0 saturated carbocycles. The van der Waals surface area contributed by atoms with Gasteiger partial charge in [-0.1, -0.05) is 0 Å². The zero-order chi connectivity index (χ0) is 15.3. The van der Waals surface area contributed by atoms with Gasteiger partial charge in [-0.05, 0) is 38.1 Å². The second kappa shape index (κ2) is 6.73. The predicted molar refractivity (Wildman–Crippen MR) is 79.5 cm³/mol. The highest BCUT2D eigenvalue weighted by Crippen LogP contribution is 2.16. The zero-order valence-electron chi connectivity index (χ0n) is 12.1. The van der Waals surface area contributed by atoms with Crippen molar-refractivity contribution >= 4 is 10.0 Å². The number of nitrogens with one attached hydrogen (secondary N) is 1. The van der Waals surface area contributed by atoms with Crippen LogP contribution in [0.3, 0.4) is 0 Å². The molecule has 1 aromatic heterocycles. The summed E-state index contributed by atoms with van der Waals surface area (Å²) in [6, 6.07) is 6.35. The Balaban J connectivity index is 2.03. The van der Waals surface area contributed by atoms with Gasteiger partial charge in [0.25, 0.3) is 0 Å². The number of benzene rings is 1. The molecule has 1 aromatic carbocycles. The SMILES string of the molecule is CCOc1ccc(S(=O)(=O)NCc2cnn(CC)c2)cc1. The summed E-state index contributed by atoms with van der Waals surface area (Å²) in [7, 11) is -3.53. The van der Waals surface area contributed by atoms with Crippen molar-refractivity contribution in [2.24, 2.45) is 0 Å². The fourth-order valence-corrected chi connectivity index (χ4v) is 2.83. The molecule has 0 saturated heterocycles. The van der Waals surface area contributed by atoms with Crippen molar-refractivity contribution in [3.05, 3.63) is 42.2 Å². The van der Waals surface area contributed by atoms with Crippen LogP contribution in [0, 0.1) is 0 Å². The van der Waals surface area contributed by atoms with Crippen molar-refractivity contribution in [2.45, 2.75) is 31.8 Å². The van der Waals surface area contributed by atoms with Crippen molar-refractivity contribution in [1.29, 1.82) is 0 Å². The average Bonchev–Trinajstić information content (AvgIpc) is 2.94. The van der Waals surface area contributed by atoms with E-state index in [0.29, 0.717) is 12.4 Å². The lowest BCUT2D eigenvalue weighted by Gasteiger charge is -2.07. The number of hydrogen-bond acceptors (Lipinski definition) is 4. The Hall–Kier alpha value is -1.86. The molecule has 6 nitrogen and oxygen atoms in total. The first-order chi connectivity index (χ1) is 10.0. The number of aryl methyl sites for hydroxylation is 1. The molecule has 2 rings (SSSR count). The van der Waals surface area contributed by atoms with Crippen molar-refractivity contribution < 1.29 is 13.2 Å². The summed E-state index contributed by atoms with van der Waals surface area (Å²) in [6.45, 7) is 5.37. The van der Waals surface area contributed by atoms with Gasteiger partial charge >= 0.3 is 0 Å². The van der Waals surface area contributed by atoms with Crippen LogP contribution in [-0.4, -0.2) is 24.8 Å². The highest BCUT2D eigenvalue weighted by atomic mass is 32.2.